The fourth-order valence-electron chi connectivity index (χ4n) is 5.58. The molecular formula is C28H35N3O5. The maximum Gasteiger partial charge on any atom is 0.321 e. The summed E-state index contributed by atoms with van der Waals surface area (Å²) in [4.78, 5) is 27.8. The molecule has 3 heterocycles. The SMILES string of the molecule is COc1cccc(NC(=O)N2CC[C@H]3CC(=O)Nc4cc(C5CCOCC5)ccc4OCC[C@H]3C2)c1. The highest BCUT2D eigenvalue weighted by Crippen LogP contribution is 2.36. The Kier molecular flexibility index (Phi) is 7.60. The molecule has 8 heteroatoms. The maximum atomic E-state index is 13.0. The van der Waals surface area contributed by atoms with Gasteiger partial charge in [-0.3, -0.25) is 4.79 Å². The van der Waals surface area contributed by atoms with Crippen LogP contribution in [0.2, 0.25) is 0 Å². The maximum absolute atomic E-state index is 13.0. The van der Waals surface area contributed by atoms with Gasteiger partial charge < -0.3 is 29.7 Å². The van der Waals surface area contributed by atoms with Gasteiger partial charge in [-0.05, 0) is 73.3 Å². The summed E-state index contributed by atoms with van der Waals surface area (Å²) in [5.74, 6) is 2.28. The minimum atomic E-state index is -0.129. The number of hydrogen-bond donors (Lipinski definition) is 2. The molecule has 3 aliphatic heterocycles. The summed E-state index contributed by atoms with van der Waals surface area (Å²) >= 11 is 0. The van der Waals surface area contributed by atoms with E-state index in [2.05, 4.69) is 22.8 Å². The summed E-state index contributed by atoms with van der Waals surface area (Å²) in [5.41, 5.74) is 2.69. The summed E-state index contributed by atoms with van der Waals surface area (Å²) in [5, 5.41) is 6.10. The van der Waals surface area contributed by atoms with Gasteiger partial charge in [-0.25, -0.2) is 4.79 Å². The zero-order valence-electron chi connectivity index (χ0n) is 20.8. The Morgan fingerprint density at radius 3 is 2.75 bits per heavy atom. The van der Waals surface area contributed by atoms with Crippen molar-refractivity contribution in [3.05, 3.63) is 48.0 Å². The van der Waals surface area contributed by atoms with Gasteiger partial charge in [0.05, 0.1) is 19.4 Å². The van der Waals surface area contributed by atoms with Crippen LogP contribution < -0.4 is 20.1 Å². The number of urea groups is 1. The van der Waals surface area contributed by atoms with E-state index in [0.29, 0.717) is 49.2 Å². The number of hydrogen-bond acceptors (Lipinski definition) is 5. The van der Waals surface area contributed by atoms with E-state index in [1.807, 2.05) is 29.2 Å². The zero-order chi connectivity index (χ0) is 24.9. The average Bonchev–Trinajstić information content (AvgIpc) is 2.90. The van der Waals surface area contributed by atoms with E-state index in [1.54, 1.807) is 13.2 Å². The topological polar surface area (TPSA) is 89.1 Å². The Morgan fingerprint density at radius 1 is 1.06 bits per heavy atom. The van der Waals surface area contributed by atoms with Crippen molar-refractivity contribution < 1.29 is 23.8 Å². The van der Waals surface area contributed by atoms with Crippen LogP contribution in [0.3, 0.4) is 0 Å². The lowest BCUT2D eigenvalue weighted by Gasteiger charge is -2.39. The molecule has 2 saturated heterocycles. The first-order valence-corrected chi connectivity index (χ1v) is 12.9. The molecule has 0 aromatic heterocycles. The number of piperidine rings is 1. The van der Waals surface area contributed by atoms with Gasteiger partial charge in [0.1, 0.15) is 11.5 Å². The molecule has 0 saturated carbocycles. The van der Waals surface area contributed by atoms with E-state index in [9.17, 15) is 9.59 Å². The second kappa shape index (κ2) is 11.2. The summed E-state index contributed by atoms with van der Waals surface area (Å²) in [6, 6.07) is 13.4. The van der Waals surface area contributed by atoms with E-state index >= 15 is 0 Å². The number of nitrogens with zero attached hydrogens (tertiary/aromatic N) is 1. The monoisotopic (exact) mass is 493 g/mol. The van der Waals surface area contributed by atoms with Crippen LogP contribution >= 0.6 is 0 Å². The second-order valence-electron chi connectivity index (χ2n) is 9.95. The first kappa shape index (κ1) is 24.4. The summed E-state index contributed by atoms with van der Waals surface area (Å²) in [6.07, 6.45) is 4.04. The van der Waals surface area contributed by atoms with Crippen molar-refractivity contribution in [1.82, 2.24) is 4.90 Å². The number of methoxy groups -OCH3 is 1. The van der Waals surface area contributed by atoms with Crippen molar-refractivity contribution in [3.8, 4) is 11.5 Å². The third-order valence-electron chi connectivity index (χ3n) is 7.66. The van der Waals surface area contributed by atoms with Crippen molar-refractivity contribution in [2.45, 2.75) is 38.0 Å². The van der Waals surface area contributed by atoms with Crippen molar-refractivity contribution >= 4 is 23.3 Å². The fraction of sp³-hybridized carbons (Fsp3) is 0.500. The Balaban J connectivity index is 1.24. The lowest BCUT2D eigenvalue weighted by atomic mass is 9.81. The van der Waals surface area contributed by atoms with Crippen molar-refractivity contribution in [2.24, 2.45) is 11.8 Å². The second-order valence-corrected chi connectivity index (χ2v) is 9.95. The van der Waals surface area contributed by atoms with Crippen molar-refractivity contribution in [3.63, 3.8) is 0 Å². The molecule has 3 amide bonds. The van der Waals surface area contributed by atoms with Crippen LogP contribution in [0.5, 0.6) is 11.5 Å². The van der Waals surface area contributed by atoms with E-state index in [0.717, 1.165) is 44.6 Å². The number of benzene rings is 2. The summed E-state index contributed by atoms with van der Waals surface area (Å²) < 4.78 is 16.9. The molecule has 0 radical (unpaired) electrons. The molecule has 2 atom stereocenters. The molecule has 36 heavy (non-hydrogen) atoms. The molecule has 2 N–H and O–H groups in total. The van der Waals surface area contributed by atoms with Crippen LogP contribution in [0.15, 0.2) is 42.5 Å². The third-order valence-corrected chi connectivity index (χ3v) is 7.66. The number of anilines is 2. The van der Waals surface area contributed by atoms with E-state index < -0.39 is 0 Å². The largest absolute Gasteiger partial charge is 0.497 e. The molecule has 0 unspecified atom stereocenters. The number of nitrogens with one attached hydrogen (secondary N) is 2. The van der Waals surface area contributed by atoms with Gasteiger partial charge in [-0.15, -0.1) is 0 Å². The first-order valence-electron chi connectivity index (χ1n) is 12.9. The molecular weight excluding hydrogens is 458 g/mol. The normalized spacial score (nSPS) is 22.9. The van der Waals surface area contributed by atoms with E-state index in [4.69, 9.17) is 14.2 Å². The Labute approximate surface area is 212 Å². The number of fused-ring (bicyclic) bond motifs is 2. The van der Waals surface area contributed by atoms with Crippen LogP contribution in [0, 0.1) is 11.8 Å². The van der Waals surface area contributed by atoms with Gasteiger partial charge >= 0.3 is 6.03 Å². The predicted octanol–water partition coefficient (Wildman–Crippen LogP) is 4.87. The van der Waals surface area contributed by atoms with Crippen LogP contribution in [-0.4, -0.2) is 56.9 Å². The van der Waals surface area contributed by atoms with Gasteiger partial charge in [0.25, 0.3) is 0 Å². The molecule has 2 aromatic carbocycles. The van der Waals surface area contributed by atoms with Crippen LogP contribution in [0.4, 0.5) is 16.2 Å². The molecule has 3 aliphatic rings. The third kappa shape index (κ3) is 5.75. The number of carbonyl (C=O) groups excluding carboxylic acids is 2. The fourth-order valence-corrected chi connectivity index (χ4v) is 5.58. The smallest absolute Gasteiger partial charge is 0.321 e. The van der Waals surface area contributed by atoms with Crippen molar-refractivity contribution in [1.29, 1.82) is 0 Å². The molecule has 5 rings (SSSR count). The molecule has 0 bridgehead atoms. The molecule has 192 valence electrons. The van der Waals surface area contributed by atoms with Gasteiger partial charge in [0.15, 0.2) is 0 Å². The van der Waals surface area contributed by atoms with Gasteiger partial charge in [0.2, 0.25) is 5.91 Å². The number of likely N-dealkylation sites (tertiary alicyclic amines) is 1. The number of ether oxygens (including phenoxy) is 3. The molecule has 0 aliphatic carbocycles. The molecule has 0 spiro atoms. The Morgan fingerprint density at radius 2 is 1.92 bits per heavy atom. The van der Waals surface area contributed by atoms with E-state index in [-0.39, 0.29) is 23.8 Å². The van der Waals surface area contributed by atoms with E-state index in [1.165, 1.54) is 5.56 Å². The van der Waals surface area contributed by atoms with Crippen LogP contribution in [-0.2, 0) is 9.53 Å². The number of carbonyl (C=O) groups is 2. The van der Waals surface area contributed by atoms with Crippen LogP contribution in [0.1, 0.15) is 43.6 Å². The molecule has 2 fully saturated rings. The van der Waals surface area contributed by atoms with Gasteiger partial charge in [0, 0.05) is 44.5 Å². The first-order chi connectivity index (χ1) is 17.6. The minimum Gasteiger partial charge on any atom is -0.497 e. The Hall–Kier alpha value is -3.26. The predicted molar refractivity (Wildman–Crippen MR) is 138 cm³/mol. The minimum absolute atomic E-state index is 0.00941. The van der Waals surface area contributed by atoms with Gasteiger partial charge in [-0.1, -0.05) is 12.1 Å². The standard InChI is InChI=1S/C28H35N3O5/c1-34-24-4-2-3-23(17-24)29-28(33)31-11-7-21-16-27(32)30-25-15-20(19-8-12-35-13-9-19)5-6-26(25)36-14-10-22(21)18-31/h2-6,15,17,19,21-22H,7-14,16,18H2,1H3,(H,29,33)(H,30,32)/t21-,22-/m0/s1. The molecule has 2 aromatic rings. The number of amides is 3. The summed E-state index contributed by atoms with van der Waals surface area (Å²) in [7, 11) is 1.60. The van der Waals surface area contributed by atoms with Crippen molar-refractivity contribution in [2.75, 3.05) is 50.7 Å². The average molecular weight is 494 g/mol. The highest BCUT2D eigenvalue weighted by molar-refractivity contribution is 5.93. The highest BCUT2D eigenvalue weighted by atomic mass is 16.5. The Bertz CT molecular complexity index is 1080. The van der Waals surface area contributed by atoms with Crippen LogP contribution in [0.25, 0.3) is 0 Å². The van der Waals surface area contributed by atoms with Gasteiger partial charge in [-0.2, -0.15) is 0 Å². The quantitative estimate of drug-likeness (QED) is 0.637. The zero-order valence-corrected chi connectivity index (χ0v) is 20.8. The highest BCUT2D eigenvalue weighted by Gasteiger charge is 2.33. The lowest BCUT2D eigenvalue weighted by Crippen LogP contribution is -2.46. The lowest BCUT2D eigenvalue weighted by molar-refractivity contribution is -0.118. The number of rotatable bonds is 3. The molecule has 8 nitrogen and oxygen atoms in total. The summed E-state index contributed by atoms with van der Waals surface area (Å²) in [6.45, 7) is 3.33.